The normalized spacial score (nSPS) is 18.3. The second kappa shape index (κ2) is 11.9. The zero-order chi connectivity index (χ0) is 29.9. The summed E-state index contributed by atoms with van der Waals surface area (Å²) in [5.41, 5.74) is 5.09. The summed E-state index contributed by atoms with van der Waals surface area (Å²) in [5.74, 6) is -0.865. The predicted molar refractivity (Wildman–Crippen MR) is 164 cm³/mol. The van der Waals surface area contributed by atoms with Crippen LogP contribution in [0.25, 0.3) is 17.3 Å². The van der Waals surface area contributed by atoms with Gasteiger partial charge in [-0.3, -0.25) is 25.0 Å². The molecule has 0 aromatic heterocycles. The van der Waals surface area contributed by atoms with Crippen LogP contribution in [0.4, 0.5) is 21.9 Å². The highest BCUT2D eigenvalue weighted by Gasteiger charge is 2.30. The Morgan fingerprint density at radius 2 is 1.65 bits per heavy atom. The number of fused-ring (bicyclic) bond motifs is 1. The molecule has 0 saturated carbocycles. The monoisotopic (exact) mass is 578 g/mol. The van der Waals surface area contributed by atoms with Gasteiger partial charge in [0, 0.05) is 29.1 Å². The molecule has 3 aromatic carbocycles. The maximum absolute atomic E-state index is 13.3. The molecule has 4 amide bonds. The van der Waals surface area contributed by atoms with Gasteiger partial charge in [0.15, 0.2) is 0 Å². The number of hydrogen-bond donors (Lipinski definition) is 4. The van der Waals surface area contributed by atoms with E-state index in [1.807, 2.05) is 12.1 Å². The minimum atomic E-state index is -0.571. The van der Waals surface area contributed by atoms with Crippen LogP contribution < -0.4 is 21.3 Å². The van der Waals surface area contributed by atoms with Crippen LogP contribution in [0, 0.1) is 10.1 Å². The molecule has 0 bridgehead atoms. The summed E-state index contributed by atoms with van der Waals surface area (Å²) in [6, 6.07) is 18.9. The number of nitro groups is 1. The maximum Gasteiger partial charge on any atom is 0.326 e. The van der Waals surface area contributed by atoms with Crippen LogP contribution in [0.1, 0.15) is 41.5 Å². The van der Waals surface area contributed by atoms with Crippen LogP contribution in [-0.2, 0) is 16.0 Å². The number of imide groups is 1. The Bertz CT molecular complexity index is 1670. The van der Waals surface area contributed by atoms with Crippen LogP contribution in [0.5, 0.6) is 0 Å². The Hall–Kier alpha value is -5.29. The summed E-state index contributed by atoms with van der Waals surface area (Å²) < 4.78 is 0. The number of nitro benzene ring substituents is 1. The van der Waals surface area contributed by atoms with Gasteiger partial charge in [-0.15, -0.1) is 0 Å². The number of carbonyl (C=O) groups is 3. The first-order valence-corrected chi connectivity index (χ1v) is 14.2. The number of aryl methyl sites for hydroxylation is 1. The van der Waals surface area contributed by atoms with Crippen molar-refractivity contribution in [1.29, 1.82) is 0 Å². The predicted octanol–water partition coefficient (Wildman–Crippen LogP) is 4.74. The van der Waals surface area contributed by atoms with Crippen molar-refractivity contribution in [3.8, 4) is 0 Å². The van der Waals surface area contributed by atoms with Crippen LogP contribution in [0.3, 0.4) is 0 Å². The number of likely N-dealkylation sites (tertiary alicyclic amines) is 1. The highest BCUT2D eigenvalue weighted by molar-refractivity contribution is 6.37. The lowest BCUT2D eigenvalue weighted by Crippen LogP contribution is -2.22. The van der Waals surface area contributed by atoms with Gasteiger partial charge in [0.2, 0.25) is 0 Å². The van der Waals surface area contributed by atoms with Crippen molar-refractivity contribution in [2.45, 2.75) is 25.7 Å². The second-order valence-corrected chi connectivity index (χ2v) is 10.8. The van der Waals surface area contributed by atoms with E-state index in [1.54, 1.807) is 36.4 Å². The van der Waals surface area contributed by atoms with Gasteiger partial charge < -0.3 is 20.9 Å². The van der Waals surface area contributed by atoms with Crippen LogP contribution in [0.15, 0.2) is 72.4 Å². The molecule has 4 N–H and O–H groups in total. The van der Waals surface area contributed by atoms with Crippen molar-refractivity contribution in [2.75, 3.05) is 30.3 Å². The van der Waals surface area contributed by atoms with E-state index < -0.39 is 16.9 Å². The lowest BCUT2D eigenvalue weighted by Gasteiger charge is -2.16. The molecule has 3 heterocycles. The zero-order valence-corrected chi connectivity index (χ0v) is 23.3. The highest BCUT2D eigenvalue weighted by Crippen LogP contribution is 2.39. The lowest BCUT2D eigenvalue weighted by atomic mass is 9.98. The molecule has 0 atom stereocenters. The quantitative estimate of drug-likeness (QED) is 0.124. The average molecular weight is 579 g/mol. The van der Waals surface area contributed by atoms with Crippen molar-refractivity contribution in [1.82, 2.24) is 15.5 Å². The molecule has 2 saturated heterocycles. The van der Waals surface area contributed by atoms with Gasteiger partial charge in [0.1, 0.15) is 5.70 Å². The fraction of sp³-hybridized carbons (Fsp3) is 0.219. The number of non-ortho nitro benzene ring substituents is 1. The number of anilines is 2. The first-order chi connectivity index (χ1) is 20.8. The summed E-state index contributed by atoms with van der Waals surface area (Å²) in [7, 11) is 0. The van der Waals surface area contributed by atoms with Gasteiger partial charge in [0.25, 0.3) is 17.5 Å². The number of amides is 4. The van der Waals surface area contributed by atoms with Crippen LogP contribution in [-0.4, -0.2) is 47.3 Å². The SMILES string of the molecule is O=C1NC(=O)C(=Cc2ccc(NC(=C3C(=O)Nc4ccc([N+](=O)[O-])cc43)c3ccc(CCCN4CCCC4)cc3)cc2)N1. The van der Waals surface area contributed by atoms with E-state index in [9.17, 15) is 24.5 Å². The molecule has 43 heavy (non-hydrogen) atoms. The highest BCUT2D eigenvalue weighted by atomic mass is 16.6. The number of carbonyl (C=O) groups excluding carboxylic acids is 3. The Morgan fingerprint density at radius 1 is 0.907 bits per heavy atom. The number of benzene rings is 3. The number of hydrogen-bond acceptors (Lipinski definition) is 7. The van der Waals surface area contributed by atoms with E-state index in [2.05, 4.69) is 38.3 Å². The molecule has 0 unspecified atom stereocenters. The van der Waals surface area contributed by atoms with E-state index >= 15 is 0 Å². The molecule has 6 rings (SSSR count). The van der Waals surface area contributed by atoms with Gasteiger partial charge >= 0.3 is 6.03 Å². The van der Waals surface area contributed by atoms with E-state index in [-0.39, 0.29) is 17.3 Å². The first kappa shape index (κ1) is 27.9. The number of urea groups is 1. The minimum absolute atomic E-state index is 0.110. The molecular formula is C32H30N6O5. The average Bonchev–Trinajstić information content (AvgIpc) is 3.71. The van der Waals surface area contributed by atoms with Gasteiger partial charge in [0.05, 0.1) is 16.2 Å². The number of rotatable bonds is 9. The number of nitrogens with one attached hydrogen (secondary N) is 4. The fourth-order valence-corrected chi connectivity index (χ4v) is 5.60. The number of nitrogens with zero attached hydrogens (tertiary/aromatic N) is 2. The van der Waals surface area contributed by atoms with E-state index in [4.69, 9.17) is 0 Å². The Kier molecular flexibility index (Phi) is 7.71. The minimum Gasteiger partial charge on any atom is -0.354 e. The largest absolute Gasteiger partial charge is 0.354 e. The third kappa shape index (κ3) is 6.16. The molecular weight excluding hydrogens is 548 g/mol. The molecule has 3 aliphatic rings. The van der Waals surface area contributed by atoms with Crippen molar-refractivity contribution in [2.24, 2.45) is 0 Å². The van der Waals surface area contributed by atoms with Gasteiger partial charge in [-0.05, 0) is 86.3 Å². The molecule has 0 radical (unpaired) electrons. The summed E-state index contributed by atoms with van der Waals surface area (Å²) in [6.45, 7) is 3.43. The Morgan fingerprint density at radius 3 is 2.33 bits per heavy atom. The Labute approximate surface area is 247 Å². The van der Waals surface area contributed by atoms with Gasteiger partial charge in [-0.1, -0.05) is 36.4 Å². The van der Waals surface area contributed by atoms with Gasteiger partial charge in [-0.2, -0.15) is 0 Å². The van der Waals surface area contributed by atoms with E-state index in [0.717, 1.165) is 24.9 Å². The van der Waals surface area contributed by atoms with Crippen molar-refractivity contribution < 1.29 is 19.3 Å². The first-order valence-electron chi connectivity index (χ1n) is 14.2. The zero-order valence-electron chi connectivity index (χ0n) is 23.3. The van der Waals surface area contributed by atoms with Crippen LogP contribution >= 0.6 is 0 Å². The fourth-order valence-electron chi connectivity index (χ4n) is 5.60. The molecule has 3 aromatic rings. The van der Waals surface area contributed by atoms with Crippen molar-refractivity contribution in [3.63, 3.8) is 0 Å². The lowest BCUT2D eigenvalue weighted by molar-refractivity contribution is -0.384. The molecule has 218 valence electrons. The van der Waals surface area contributed by atoms with E-state index in [1.165, 1.54) is 43.6 Å². The summed E-state index contributed by atoms with van der Waals surface area (Å²) in [5, 5.41) is 22.4. The molecule has 2 fully saturated rings. The topological polar surface area (TPSA) is 146 Å². The summed E-state index contributed by atoms with van der Waals surface area (Å²) >= 11 is 0. The van der Waals surface area contributed by atoms with Crippen molar-refractivity contribution in [3.05, 3.63) is 105 Å². The molecule has 11 heteroatoms. The van der Waals surface area contributed by atoms with Crippen molar-refractivity contribution >= 4 is 52.3 Å². The molecule has 0 spiro atoms. The Balaban J connectivity index is 1.31. The standard InChI is InChI=1S/C32H30N6O5/c39-30-27(35-32(41)36-30)18-21-7-11-23(12-8-21)33-29(28-25-19-24(38(42)43)13-14-26(25)34-31(28)40)22-9-5-20(6-10-22)4-3-17-37-15-1-2-16-37/h5-14,18-19,33H,1-4,15-17H2,(H,34,40)(H2,35,36,39,41). The maximum atomic E-state index is 13.3. The molecule has 11 nitrogen and oxygen atoms in total. The summed E-state index contributed by atoms with van der Waals surface area (Å²) in [6.07, 6.45) is 6.12. The molecule has 3 aliphatic heterocycles. The molecule has 0 aliphatic carbocycles. The third-order valence-corrected chi connectivity index (χ3v) is 7.80. The smallest absolute Gasteiger partial charge is 0.326 e. The summed E-state index contributed by atoms with van der Waals surface area (Å²) in [4.78, 5) is 50.1. The third-order valence-electron chi connectivity index (χ3n) is 7.80. The van der Waals surface area contributed by atoms with Gasteiger partial charge in [-0.25, -0.2) is 4.79 Å². The van der Waals surface area contributed by atoms with Crippen LogP contribution in [0.2, 0.25) is 0 Å². The second-order valence-electron chi connectivity index (χ2n) is 10.8. The van der Waals surface area contributed by atoms with E-state index in [0.29, 0.717) is 33.8 Å².